The maximum absolute atomic E-state index is 6.53. The van der Waals surface area contributed by atoms with Gasteiger partial charge in [0.25, 0.3) is 0 Å². The van der Waals surface area contributed by atoms with Crippen molar-refractivity contribution in [1.29, 1.82) is 0 Å². The summed E-state index contributed by atoms with van der Waals surface area (Å²) in [6.45, 7) is 21.3. The Bertz CT molecular complexity index is 979. The summed E-state index contributed by atoms with van der Waals surface area (Å²) in [4.78, 5) is 0. The van der Waals surface area contributed by atoms with E-state index >= 15 is 0 Å². The number of ether oxygens (including phenoxy) is 1. The van der Waals surface area contributed by atoms with Gasteiger partial charge in [-0.25, -0.2) is 0 Å². The van der Waals surface area contributed by atoms with Crippen molar-refractivity contribution < 1.29 is 4.74 Å². The predicted octanol–water partition coefficient (Wildman–Crippen LogP) is 10.1. The molecule has 4 heteroatoms. The molecule has 0 bridgehead atoms. The van der Waals surface area contributed by atoms with E-state index < -0.39 is 0 Å². The monoisotopic (exact) mass is 568 g/mol. The minimum Gasteiger partial charge on any atom is -0.372 e. The first-order chi connectivity index (χ1) is 19.4. The Kier molecular flexibility index (Phi) is 9.69. The van der Waals surface area contributed by atoms with E-state index in [4.69, 9.17) is 4.74 Å². The van der Waals surface area contributed by atoms with E-state index in [0.29, 0.717) is 29.0 Å². The van der Waals surface area contributed by atoms with Crippen LogP contribution in [-0.2, 0) is 17.9 Å². The summed E-state index contributed by atoms with van der Waals surface area (Å²) in [5.41, 5.74) is 2.51. The average molecular weight is 568 g/mol. The van der Waals surface area contributed by atoms with Gasteiger partial charge in [0.2, 0.25) is 0 Å². The molecule has 4 aliphatic rings. The zero-order valence-electron chi connectivity index (χ0n) is 28.3. The minimum atomic E-state index is 0.378. The number of nitrogens with zero attached hydrogens (tertiary/aromatic N) is 3. The Balaban J connectivity index is 1.13. The van der Waals surface area contributed by atoms with Crippen LogP contribution < -0.4 is 0 Å². The highest BCUT2D eigenvalue weighted by Gasteiger charge is 2.60. The van der Waals surface area contributed by atoms with Crippen LogP contribution in [0, 0.1) is 57.7 Å². The van der Waals surface area contributed by atoms with Crippen molar-refractivity contribution in [3.63, 3.8) is 0 Å². The van der Waals surface area contributed by atoms with Crippen molar-refractivity contribution in [3.8, 4) is 0 Å². The molecule has 234 valence electrons. The second-order valence-corrected chi connectivity index (χ2v) is 17.5. The Hall–Kier alpha value is -0.900. The summed E-state index contributed by atoms with van der Waals surface area (Å²) in [6.07, 6.45) is 21.9. The lowest BCUT2D eigenvalue weighted by Crippen LogP contribution is -2.54. The highest BCUT2D eigenvalue weighted by Crippen LogP contribution is 2.68. The molecule has 4 aliphatic carbocycles. The van der Waals surface area contributed by atoms with Gasteiger partial charge in [0, 0.05) is 6.54 Å². The molecule has 4 saturated carbocycles. The van der Waals surface area contributed by atoms with Crippen molar-refractivity contribution in [3.05, 3.63) is 11.9 Å². The third kappa shape index (κ3) is 6.93. The third-order valence-corrected chi connectivity index (χ3v) is 13.2. The van der Waals surface area contributed by atoms with Crippen molar-refractivity contribution in [2.45, 2.75) is 165 Å². The lowest BCUT2D eigenvalue weighted by atomic mass is 9.44. The van der Waals surface area contributed by atoms with Crippen LogP contribution in [0.3, 0.4) is 0 Å². The van der Waals surface area contributed by atoms with Gasteiger partial charge in [-0.05, 0) is 128 Å². The van der Waals surface area contributed by atoms with Crippen LogP contribution in [0.5, 0.6) is 0 Å². The molecule has 0 N–H and O–H groups in total. The van der Waals surface area contributed by atoms with Crippen LogP contribution in [0.25, 0.3) is 0 Å². The van der Waals surface area contributed by atoms with Crippen LogP contribution >= 0.6 is 0 Å². The molecule has 4 unspecified atom stereocenters. The van der Waals surface area contributed by atoms with Crippen molar-refractivity contribution in [1.82, 2.24) is 15.0 Å². The Morgan fingerprint density at radius 2 is 1.68 bits per heavy atom. The van der Waals surface area contributed by atoms with Crippen molar-refractivity contribution >= 4 is 0 Å². The lowest BCUT2D eigenvalue weighted by Gasteiger charge is -2.61. The lowest BCUT2D eigenvalue weighted by molar-refractivity contribution is -0.138. The van der Waals surface area contributed by atoms with Gasteiger partial charge in [0.1, 0.15) is 5.69 Å². The van der Waals surface area contributed by atoms with Crippen LogP contribution in [0.4, 0.5) is 0 Å². The average Bonchev–Trinajstić information content (AvgIpc) is 3.50. The molecule has 0 amide bonds. The first-order valence-electron chi connectivity index (χ1n) is 17.9. The molecule has 1 heterocycles. The molecule has 1 aromatic rings. The second-order valence-electron chi connectivity index (χ2n) is 17.5. The smallest absolute Gasteiger partial charge is 0.108 e. The number of aryl methyl sites for hydroxylation is 1. The van der Waals surface area contributed by atoms with Gasteiger partial charge < -0.3 is 4.74 Å². The second kappa shape index (κ2) is 12.6. The maximum atomic E-state index is 6.53. The summed E-state index contributed by atoms with van der Waals surface area (Å²) in [5.74, 6) is 6.47. The largest absolute Gasteiger partial charge is 0.372 e. The predicted molar refractivity (Wildman–Crippen MR) is 170 cm³/mol. The summed E-state index contributed by atoms with van der Waals surface area (Å²) >= 11 is 0. The summed E-state index contributed by atoms with van der Waals surface area (Å²) in [5, 5.41) is 8.81. The number of hydrogen-bond acceptors (Lipinski definition) is 3. The fourth-order valence-corrected chi connectivity index (χ4v) is 10.9. The molecule has 0 spiro atoms. The van der Waals surface area contributed by atoms with E-state index in [1.54, 1.807) is 0 Å². The molecular weight excluding hydrogens is 502 g/mol. The highest BCUT2D eigenvalue weighted by atomic mass is 16.5. The fraction of sp³-hybridized carbons (Fsp3) is 0.946. The van der Waals surface area contributed by atoms with Crippen LogP contribution in [0.1, 0.15) is 151 Å². The van der Waals surface area contributed by atoms with Gasteiger partial charge >= 0.3 is 0 Å². The van der Waals surface area contributed by atoms with Gasteiger partial charge in [-0.15, -0.1) is 5.10 Å². The van der Waals surface area contributed by atoms with Gasteiger partial charge in [-0.3, -0.25) is 4.68 Å². The van der Waals surface area contributed by atoms with Gasteiger partial charge in [0.05, 0.1) is 18.9 Å². The molecule has 1 aromatic heterocycles. The zero-order valence-corrected chi connectivity index (χ0v) is 28.3. The molecule has 41 heavy (non-hydrogen) atoms. The molecule has 4 fully saturated rings. The van der Waals surface area contributed by atoms with Crippen LogP contribution in [0.15, 0.2) is 6.20 Å². The minimum absolute atomic E-state index is 0.378. The van der Waals surface area contributed by atoms with Gasteiger partial charge in [-0.2, -0.15) is 0 Å². The molecule has 9 atom stereocenters. The summed E-state index contributed by atoms with van der Waals surface area (Å²) < 4.78 is 8.54. The SMILES string of the molecule is CC(C)CCC[C@@H](C)[C@H]1CCC2C3CCC4C[C@@H](OCc5cn(CCCC(C)(C)C)nn5)CC[C@]4(C)C3CC[C@@]21C. The first-order valence-corrected chi connectivity index (χ1v) is 17.9. The topological polar surface area (TPSA) is 39.9 Å². The van der Waals surface area contributed by atoms with E-state index in [1.165, 1.54) is 83.5 Å². The Morgan fingerprint density at radius 1 is 0.927 bits per heavy atom. The van der Waals surface area contributed by atoms with Gasteiger partial charge in [-0.1, -0.05) is 79.9 Å². The van der Waals surface area contributed by atoms with E-state index in [0.717, 1.165) is 60.1 Å². The Labute approximate surface area is 253 Å². The molecule has 0 radical (unpaired) electrons. The molecule has 4 nitrogen and oxygen atoms in total. The third-order valence-electron chi connectivity index (χ3n) is 13.2. The van der Waals surface area contributed by atoms with E-state index in [2.05, 4.69) is 71.9 Å². The first kappa shape index (κ1) is 31.5. The number of rotatable bonds is 11. The van der Waals surface area contributed by atoms with E-state index in [-0.39, 0.29) is 0 Å². The van der Waals surface area contributed by atoms with E-state index in [9.17, 15) is 0 Å². The van der Waals surface area contributed by atoms with Crippen molar-refractivity contribution in [2.75, 3.05) is 0 Å². The number of fused-ring (bicyclic) bond motifs is 5. The summed E-state index contributed by atoms with van der Waals surface area (Å²) in [6, 6.07) is 0. The fourth-order valence-electron chi connectivity index (χ4n) is 10.9. The van der Waals surface area contributed by atoms with E-state index in [1.807, 2.05) is 4.68 Å². The Morgan fingerprint density at radius 3 is 2.44 bits per heavy atom. The van der Waals surface area contributed by atoms with Crippen LogP contribution in [-0.4, -0.2) is 21.1 Å². The standard InChI is InChI=1S/C37H65N3O/c1-26(2)11-9-12-27(3)32-15-16-33-31-14-13-28-23-30(17-20-36(28,7)34(31)18-21-37(32,33)8)41-25-29-24-40(39-38-29)22-10-19-35(4,5)6/h24,26-28,30-34H,9-23,25H2,1-8H3/t27-,28?,30+,31?,32-,33?,34?,36+,37-/m1/s1. The molecule has 5 rings (SSSR count). The number of hydrogen-bond donors (Lipinski definition) is 0. The molecule has 0 saturated heterocycles. The molecule has 0 aliphatic heterocycles. The highest BCUT2D eigenvalue weighted by molar-refractivity contribution is 5.10. The number of aromatic nitrogens is 3. The van der Waals surface area contributed by atoms with Gasteiger partial charge in [0.15, 0.2) is 0 Å². The zero-order chi connectivity index (χ0) is 29.4. The normalized spacial score (nSPS) is 38.0. The maximum Gasteiger partial charge on any atom is 0.108 e. The quantitative estimate of drug-likeness (QED) is 0.267. The molecular formula is C37H65N3O. The van der Waals surface area contributed by atoms with Crippen molar-refractivity contribution in [2.24, 2.45) is 57.7 Å². The molecule has 0 aromatic carbocycles. The van der Waals surface area contributed by atoms with Crippen LogP contribution in [0.2, 0.25) is 0 Å². The summed E-state index contributed by atoms with van der Waals surface area (Å²) in [7, 11) is 0.